The van der Waals surface area contributed by atoms with Crippen molar-refractivity contribution in [3.8, 4) is 0 Å². The maximum absolute atomic E-state index is 12.5. The third-order valence-corrected chi connectivity index (χ3v) is 6.15. The third kappa shape index (κ3) is 4.98. The molecule has 5 rings (SSSR count). The lowest BCUT2D eigenvalue weighted by Gasteiger charge is -2.24. The first-order valence-corrected chi connectivity index (χ1v) is 11.6. The number of benzene rings is 4. The van der Waals surface area contributed by atoms with E-state index >= 15 is 0 Å². The summed E-state index contributed by atoms with van der Waals surface area (Å²) in [5, 5.41) is 17.8. The van der Waals surface area contributed by atoms with Gasteiger partial charge in [0.15, 0.2) is 5.78 Å². The van der Waals surface area contributed by atoms with Gasteiger partial charge in [0.25, 0.3) is 5.69 Å². The summed E-state index contributed by atoms with van der Waals surface area (Å²) in [7, 11) is 0. The van der Waals surface area contributed by atoms with E-state index in [1.807, 2.05) is 60.7 Å². The Morgan fingerprint density at radius 1 is 0.861 bits per heavy atom. The van der Waals surface area contributed by atoms with Gasteiger partial charge in [-0.2, -0.15) is 5.10 Å². The molecule has 1 unspecified atom stereocenters. The number of allylic oxidation sites excluding steroid dienone is 1. The zero-order valence-corrected chi connectivity index (χ0v) is 19.4. The molecule has 176 valence electrons. The summed E-state index contributed by atoms with van der Waals surface area (Å²) in [5.74, 6) is -0.213. The molecule has 0 radical (unpaired) electrons. The second-order valence-corrected chi connectivity index (χ2v) is 8.48. The van der Waals surface area contributed by atoms with E-state index in [9.17, 15) is 14.9 Å². The van der Waals surface area contributed by atoms with Crippen LogP contribution in [-0.2, 0) is 0 Å². The monoisotopic (exact) mass is 473 g/mol. The Hall–Kier alpha value is -4.84. The highest BCUT2D eigenvalue weighted by molar-refractivity contribution is 6.07. The first-order chi connectivity index (χ1) is 17.6. The smallest absolute Gasteiger partial charge is 0.269 e. The van der Waals surface area contributed by atoms with Gasteiger partial charge >= 0.3 is 0 Å². The predicted octanol–water partition coefficient (Wildman–Crippen LogP) is 6.85. The Morgan fingerprint density at radius 3 is 2.14 bits per heavy atom. The van der Waals surface area contributed by atoms with E-state index in [0.717, 1.165) is 28.9 Å². The van der Waals surface area contributed by atoms with Crippen molar-refractivity contribution in [2.24, 2.45) is 5.10 Å². The van der Waals surface area contributed by atoms with Crippen LogP contribution in [-0.4, -0.2) is 16.4 Å². The number of nitro benzene ring substituents is 1. The molecular formula is C30H23N3O3. The number of nitrogens with zero attached hydrogens (tertiary/aromatic N) is 3. The van der Waals surface area contributed by atoms with Crippen LogP contribution < -0.4 is 5.01 Å². The SMILES string of the molecule is O=C(C=Cc1ccc(N2N=C(c3ccccc3)CC2c2ccccc2)cc1)c1ccc([N+](=O)[O-])cc1. The average Bonchev–Trinajstić information content (AvgIpc) is 3.39. The summed E-state index contributed by atoms with van der Waals surface area (Å²) in [6.07, 6.45) is 4.02. The molecular weight excluding hydrogens is 450 g/mol. The molecule has 4 aromatic rings. The molecule has 0 amide bonds. The quantitative estimate of drug-likeness (QED) is 0.127. The summed E-state index contributed by atoms with van der Waals surface area (Å²) < 4.78 is 0. The molecule has 0 saturated carbocycles. The standard InChI is InChI=1S/C30H23N3O3/c34-30(25-14-18-27(19-15-25)33(35)36)20-13-22-11-16-26(17-12-22)32-29(24-9-5-2-6-10-24)21-28(31-32)23-7-3-1-4-8-23/h1-20,29H,21H2. The molecule has 0 aromatic heterocycles. The van der Waals surface area contributed by atoms with E-state index in [1.165, 1.54) is 35.9 Å². The topological polar surface area (TPSA) is 75.8 Å². The Labute approximate surface area is 209 Å². The Balaban J connectivity index is 1.36. The highest BCUT2D eigenvalue weighted by Crippen LogP contribution is 2.36. The summed E-state index contributed by atoms with van der Waals surface area (Å²) >= 11 is 0. The number of non-ortho nitro benzene ring substituents is 1. The number of hydrazone groups is 1. The zero-order chi connectivity index (χ0) is 24.9. The zero-order valence-electron chi connectivity index (χ0n) is 19.4. The Kier molecular flexibility index (Phi) is 6.49. The van der Waals surface area contributed by atoms with Crippen LogP contribution in [0.5, 0.6) is 0 Å². The van der Waals surface area contributed by atoms with Crippen LogP contribution in [0.3, 0.4) is 0 Å². The molecule has 36 heavy (non-hydrogen) atoms. The molecule has 1 heterocycles. The van der Waals surface area contributed by atoms with Gasteiger partial charge in [-0.05, 0) is 47.0 Å². The van der Waals surface area contributed by atoms with E-state index in [1.54, 1.807) is 6.08 Å². The highest BCUT2D eigenvalue weighted by atomic mass is 16.6. The van der Waals surface area contributed by atoms with E-state index in [4.69, 9.17) is 5.10 Å². The Morgan fingerprint density at radius 2 is 1.50 bits per heavy atom. The number of carbonyl (C=O) groups excluding carboxylic acids is 1. The second-order valence-electron chi connectivity index (χ2n) is 8.48. The molecule has 0 N–H and O–H groups in total. The van der Waals surface area contributed by atoms with Crippen molar-refractivity contribution >= 4 is 28.9 Å². The molecule has 1 aliphatic heterocycles. The molecule has 0 saturated heterocycles. The van der Waals surface area contributed by atoms with Crippen molar-refractivity contribution < 1.29 is 9.72 Å². The van der Waals surface area contributed by atoms with Crippen molar-refractivity contribution in [1.29, 1.82) is 0 Å². The molecule has 1 atom stereocenters. The molecule has 6 heteroatoms. The van der Waals surface area contributed by atoms with Gasteiger partial charge in [-0.3, -0.25) is 19.9 Å². The molecule has 0 fully saturated rings. The maximum Gasteiger partial charge on any atom is 0.269 e. The Bertz CT molecular complexity index is 1430. The number of nitro groups is 1. The lowest BCUT2D eigenvalue weighted by Crippen LogP contribution is -2.18. The fourth-order valence-electron chi connectivity index (χ4n) is 4.24. The second kappa shape index (κ2) is 10.2. The number of hydrogen-bond donors (Lipinski definition) is 0. The minimum absolute atomic E-state index is 0.0417. The van der Waals surface area contributed by atoms with Gasteiger partial charge in [0.2, 0.25) is 0 Å². The van der Waals surface area contributed by atoms with Crippen LogP contribution in [0.2, 0.25) is 0 Å². The highest BCUT2D eigenvalue weighted by Gasteiger charge is 2.29. The number of carbonyl (C=O) groups is 1. The fraction of sp³-hybridized carbons (Fsp3) is 0.0667. The van der Waals surface area contributed by atoms with Gasteiger partial charge in [-0.1, -0.05) is 78.9 Å². The van der Waals surface area contributed by atoms with Crippen molar-refractivity contribution in [2.45, 2.75) is 12.5 Å². The van der Waals surface area contributed by atoms with Crippen molar-refractivity contribution in [2.75, 3.05) is 5.01 Å². The molecule has 6 nitrogen and oxygen atoms in total. The van der Waals surface area contributed by atoms with Gasteiger partial charge in [-0.25, -0.2) is 0 Å². The van der Waals surface area contributed by atoms with Crippen LogP contribution >= 0.6 is 0 Å². The lowest BCUT2D eigenvalue weighted by atomic mass is 9.98. The van der Waals surface area contributed by atoms with Crippen molar-refractivity contribution in [3.63, 3.8) is 0 Å². The van der Waals surface area contributed by atoms with Crippen LogP contribution in [0.15, 0.2) is 120 Å². The summed E-state index contributed by atoms with van der Waals surface area (Å²) in [5.41, 5.74) is 5.56. The van der Waals surface area contributed by atoms with Gasteiger partial charge in [-0.15, -0.1) is 0 Å². The van der Waals surface area contributed by atoms with E-state index < -0.39 is 4.92 Å². The molecule has 0 bridgehead atoms. The minimum atomic E-state index is -0.485. The fourth-order valence-corrected chi connectivity index (χ4v) is 4.24. The van der Waals surface area contributed by atoms with Gasteiger partial charge in [0.05, 0.1) is 22.4 Å². The maximum atomic E-state index is 12.5. The van der Waals surface area contributed by atoms with Gasteiger partial charge < -0.3 is 0 Å². The van der Waals surface area contributed by atoms with Crippen LogP contribution in [0, 0.1) is 10.1 Å². The first-order valence-electron chi connectivity index (χ1n) is 11.6. The number of anilines is 1. The summed E-state index contributed by atoms with van der Waals surface area (Å²) in [6.45, 7) is 0. The van der Waals surface area contributed by atoms with E-state index in [-0.39, 0.29) is 17.5 Å². The van der Waals surface area contributed by atoms with Gasteiger partial charge in [0.1, 0.15) is 0 Å². The lowest BCUT2D eigenvalue weighted by molar-refractivity contribution is -0.384. The molecule has 4 aromatic carbocycles. The summed E-state index contributed by atoms with van der Waals surface area (Å²) in [6, 6.07) is 34.2. The predicted molar refractivity (Wildman–Crippen MR) is 142 cm³/mol. The van der Waals surface area contributed by atoms with Gasteiger partial charge in [0, 0.05) is 24.1 Å². The van der Waals surface area contributed by atoms with Crippen LogP contribution in [0.1, 0.15) is 39.5 Å². The van der Waals surface area contributed by atoms with E-state index in [2.05, 4.69) is 29.3 Å². The molecule has 0 spiro atoms. The van der Waals surface area contributed by atoms with Crippen molar-refractivity contribution in [3.05, 3.63) is 148 Å². The first kappa shape index (κ1) is 22.9. The number of rotatable bonds is 7. The normalized spacial score (nSPS) is 15.2. The van der Waals surface area contributed by atoms with Crippen LogP contribution in [0.25, 0.3) is 6.08 Å². The van der Waals surface area contributed by atoms with Crippen LogP contribution in [0.4, 0.5) is 11.4 Å². The molecule has 1 aliphatic rings. The third-order valence-electron chi connectivity index (χ3n) is 6.15. The van der Waals surface area contributed by atoms with E-state index in [0.29, 0.717) is 5.56 Å². The number of hydrogen-bond acceptors (Lipinski definition) is 5. The average molecular weight is 474 g/mol. The number of ketones is 1. The largest absolute Gasteiger partial charge is 0.289 e. The summed E-state index contributed by atoms with van der Waals surface area (Å²) in [4.78, 5) is 22.8. The molecule has 0 aliphatic carbocycles. The van der Waals surface area contributed by atoms with Crippen molar-refractivity contribution in [1.82, 2.24) is 0 Å². The minimum Gasteiger partial charge on any atom is -0.289 e.